The Bertz CT molecular complexity index is 777. The number of esters is 2. The Hall–Kier alpha value is -1.47. The second-order valence-corrected chi connectivity index (χ2v) is 13.1. The first-order chi connectivity index (χ1) is 21.3. The monoisotopic (exact) mass is 644 g/mol. The highest BCUT2D eigenvalue weighted by atomic mass is 31.2. The standard InChI is InChI=1S/C35H65O8P/c1-3-5-7-9-11-13-15-17-19-21-23-25-27-29-34(36)41-31-33(32-42-44(38,39)40)43-35(37)30-28-26-24-22-20-18-16-14-12-10-8-6-4-2/h13-16,33H,3-12,17-32H2,1-2H3,(H2,38,39,40)/b15-13-,16-14-/t33-/m1/s1. The molecule has 0 aromatic heterocycles. The number of hydrogen-bond acceptors (Lipinski definition) is 6. The summed E-state index contributed by atoms with van der Waals surface area (Å²) in [6.07, 6.45) is 33.2. The third-order valence-electron chi connectivity index (χ3n) is 7.44. The fourth-order valence-corrected chi connectivity index (χ4v) is 5.13. The molecular weight excluding hydrogens is 579 g/mol. The smallest absolute Gasteiger partial charge is 0.462 e. The van der Waals surface area contributed by atoms with Gasteiger partial charge in [-0.3, -0.25) is 14.1 Å². The first-order valence-electron chi connectivity index (χ1n) is 17.6. The van der Waals surface area contributed by atoms with E-state index in [4.69, 9.17) is 19.3 Å². The Balaban J connectivity index is 4.02. The normalized spacial score (nSPS) is 12.7. The highest BCUT2D eigenvalue weighted by Crippen LogP contribution is 2.36. The molecule has 0 spiro atoms. The van der Waals surface area contributed by atoms with Crippen LogP contribution in [0.3, 0.4) is 0 Å². The molecule has 9 heteroatoms. The molecule has 0 amide bonds. The van der Waals surface area contributed by atoms with Crippen molar-refractivity contribution in [1.29, 1.82) is 0 Å². The van der Waals surface area contributed by atoms with Gasteiger partial charge in [0, 0.05) is 12.8 Å². The molecule has 0 saturated heterocycles. The van der Waals surface area contributed by atoms with Gasteiger partial charge < -0.3 is 19.3 Å². The molecule has 0 fully saturated rings. The third-order valence-corrected chi connectivity index (χ3v) is 7.93. The first-order valence-corrected chi connectivity index (χ1v) is 19.2. The molecule has 0 saturated carbocycles. The number of unbranched alkanes of at least 4 members (excludes halogenated alkanes) is 18. The maximum absolute atomic E-state index is 12.3. The Morgan fingerprint density at radius 1 is 0.568 bits per heavy atom. The van der Waals surface area contributed by atoms with E-state index in [9.17, 15) is 14.2 Å². The number of allylic oxidation sites excluding steroid dienone is 4. The fraction of sp³-hybridized carbons (Fsp3) is 0.829. The van der Waals surface area contributed by atoms with Gasteiger partial charge in [0.2, 0.25) is 0 Å². The SMILES string of the molecule is CCCCCC/C=C\CCCCCCCC(=O)OC[C@H](COP(=O)(O)O)OC(=O)CCCCCCC/C=C\CCCCCC. The number of phosphoric ester groups is 1. The number of hydrogen-bond donors (Lipinski definition) is 2. The van der Waals surface area contributed by atoms with Crippen LogP contribution in [0.15, 0.2) is 24.3 Å². The summed E-state index contributed by atoms with van der Waals surface area (Å²) in [5.41, 5.74) is 0. The molecule has 0 rings (SSSR count). The average molecular weight is 645 g/mol. The summed E-state index contributed by atoms with van der Waals surface area (Å²) in [4.78, 5) is 42.5. The average Bonchev–Trinajstić information content (AvgIpc) is 2.98. The molecule has 0 radical (unpaired) electrons. The van der Waals surface area contributed by atoms with Crippen molar-refractivity contribution >= 4 is 19.8 Å². The first kappa shape index (κ1) is 42.5. The number of rotatable bonds is 32. The van der Waals surface area contributed by atoms with Gasteiger partial charge in [0.05, 0.1) is 6.61 Å². The van der Waals surface area contributed by atoms with Gasteiger partial charge in [-0.25, -0.2) is 4.57 Å². The van der Waals surface area contributed by atoms with Crippen LogP contribution < -0.4 is 0 Å². The maximum atomic E-state index is 12.3. The second-order valence-electron chi connectivity index (χ2n) is 11.8. The highest BCUT2D eigenvalue weighted by Gasteiger charge is 2.22. The van der Waals surface area contributed by atoms with Crippen LogP contribution in [-0.2, 0) is 28.2 Å². The van der Waals surface area contributed by atoms with E-state index in [1.165, 1.54) is 64.2 Å². The summed E-state index contributed by atoms with van der Waals surface area (Å²) in [6, 6.07) is 0. The van der Waals surface area contributed by atoms with Crippen molar-refractivity contribution in [1.82, 2.24) is 0 Å². The highest BCUT2D eigenvalue weighted by molar-refractivity contribution is 7.46. The van der Waals surface area contributed by atoms with Crippen LogP contribution in [0, 0.1) is 0 Å². The Morgan fingerprint density at radius 3 is 1.39 bits per heavy atom. The maximum Gasteiger partial charge on any atom is 0.469 e. The molecule has 0 aliphatic rings. The summed E-state index contributed by atoms with van der Waals surface area (Å²) in [5.74, 6) is -0.905. The zero-order valence-corrected chi connectivity index (χ0v) is 29.0. The molecule has 0 aromatic rings. The van der Waals surface area contributed by atoms with Crippen LogP contribution in [-0.4, -0.2) is 41.0 Å². The molecule has 44 heavy (non-hydrogen) atoms. The van der Waals surface area contributed by atoms with Gasteiger partial charge in [-0.2, -0.15) is 0 Å². The zero-order valence-electron chi connectivity index (χ0n) is 28.1. The van der Waals surface area contributed by atoms with Gasteiger partial charge in [0.15, 0.2) is 6.10 Å². The van der Waals surface area contributed by atoms with Crippen molar-refractivity contribution in [3.63, 3.8) is 0 Å². The van der Waals surface area contributed by atoms with E-state index >= 15 is 0 Å². The van der Waals surface area contributed by atoms with Crippen molar-refractivity contribution in [3.8, 4) is 0 Å². The quantitative estimate of drug-likeness (QED) is 0.0321. The lowest BCUT2D eigenvalue weighted by Gasteiger charge is -2.18. The van der Waals surface area contributed by atoms with Crippen LogP contribution in [0.5, 0.6) is 0 Å². The van der Waals surface area contributed by atoms with Gasteiger partial charge in [-0.15, -0.1) is 0 Å². The topological polar surface area (TPSA) is 119 Å². The van der Waals surface area contributed by atoms with Crippen LogP contribution in [0.1, 0.15) is 168 Å². The van der Waals surface area contributed by atoms with Gasteiger partial charge in [-0.1, -0.05) is 115 Å². The molecule has 1 atom stereocenters. The van der Waals surface area contributed by atoms with Crippen LogP contribution in [0.25, 0.3) is 0 Å². The Morgan fingerprint density at radius 2 is 0.955 bits per heavy atom. The predicted octanol–water partition coefficient (Wildman–Crippen LogP) is 10.1. The molecule has 8 nitrogen and oxygen atoms in total. The largest absolute Gasteiger partial charge is 0.469 e. The van der Waals surface area contributed by atoms with Crippen molar-refractivity contribution in [3.05, 3.63) is 24.3 Å². The summed E-state index contributed by atoms with van der Waals surface area (Å²) in [7, 11) is -4.75. The lowest BCUT2D eigenvalue weighted by Crippen LogP contribution is -2.29. The molecule has 2 N–H and O–H groups in total. The van der Waals surface area contributed by atoms with Crippen LogP contribution in [0.4, 0.5) is 0 Å². The van der Waals surface area contributed by atoms with Gasteiger partial charge >= 0.3 is 19.8 Å². The van der Waals surface area contributed by atoms with Crippen LogP contribution >= 0.6 is 7.82 Å². The summed E-state index contributed by atoms with van der Waals surface area (Å²) < 4.78 is 26.2. The van der Waals surface area contributed by atoms with E-state index in [-0.39, 0.29) is 19.4 Å². The number of carbonyl (C=O) groups excluding carboxylic acids is 2. The van der Waals surface area contributed by atoms with Gasteiger partial charge in [-0.05, 0) is 64.2 Å². The van der Waals surface area contributed by atoms with E-state index in [0.717, 1.165) is 64.2 Å². The molecule has 0 aromatic carbocycles. The lowest BCUT2D eigenvalue weighted by atomic mass is 10.1. The minimum atomic E-state index is -4.75. The molecule has 0 aliphatic heterocycles. The van der Waals surface area contributed by atoms with Crippen LogP contribution in [0.2, 0.25) is 0 Å². The van der Waals surface area contributed by atoms with Crippen molar-refractivity contribution < 1.29 is 37.9 Å². The molecule has 258 valence electrons. The molecule has 0 heterocycles. The lowest BCUT2D eigenvalue weighted by molar-refractivity contribution is -0.161. The minimum absolute atomic E-state index is 0.201. The molecular formula is C35H65O8P. The Kier molecular flexibility index (Phi) is 30.5. The van der Waals surface area contributed by atoms with Crippen molar-refractivity contribution in [2.75, 3.05) is 13.2 Å². The number of ether oxygens (including phenoxy) is 2. The van der Waals surface area contributed by atoms with E-state index in [1.807, 2.05) is 0 Å². The third kappa shape index (κ3) is 33.4. The molecule has 0 unspecified atom stereocenters. The van der Waals surface area contributed by atoms with E-state index in [0.29, 0.717) is 12.8 Å². The second kappa shape index (κ2) is 31.5. The van der Waals surface area contributed by atoms with Crippen molar-refractivity contribution in [2.24, 2.45) is 0 Å². The van der Waals surface area contributed by atoms with E-state index in [2.05, 4.69) is 42.7 Å². The zero-order chi connectivity index (χ0) is 32.6. The van der Waals surface area contributed by atoms with E-state index in [1.54, 1.807) is 0 Å². The van der Waals surface area contributed by atoms with Crippen molar-refractivity contribution in [2.45, 2.75) is 174 Å². The summed E-state index contributed by atoms with van der Waals surface area (Å²) in [5, 5.41) is 0. The number of phosphoric acid groups is 1. The minimum Gasteiger partial charge on any atom is -0.462 e. The number of carbonyl (C=O) groups is 2. The van der Waals surface area contributed by atoms with Gasteiger partial charge in [0.25, 0.3) is 0 Å². The molecule has 0 bridgehead atoms. The summed E-state index contributed by atoms with van der Waals surface area (Å²) in [6.45, 7) is 3.62. The summed E-state index contributed by atoms with van der Waals surface area (Å²) >= 11 is 0. The fourth-order valence-electron chi connectivity index (χ4n) is 4.77. The Labute approximate surface area is 269 Å². The predicted molar refractivity (Wildman–Crippen MR) is 179 cm³/mol. The molecule has 0 aliphatic carbocycles. The van der Waals surface area contributed by atoms with E-state index < -0.39 is 32.5 Å². The van der Waals surface area contributed by atoms with Gasteiger partial charge in [0.1, 0.15) is 6.61 Å².